The molecule has 1 fully saturated rings. The molecule has 1 aliphatic rings. The van der Waals surface area contributed by atoms with Crippen molar-refractivity contribution >= 4 is 27.8 Å². The van der Waals surface area contributed by atoms with Crippen LogP contribution in [0.15, 0.2) is 54.9 Å². The van der Waals surface area contributed by atoms with E-state index in [1.165, 1.54) is 0 Å². The molecule has 0 spiro atoms. The van der Waals surface area contributed by atoms with E-state index in [2.05, 4.69) is 28.8 Å². The predicted molar refractivity (Wildman–Crippen MR) is 124 cm³/mol. The van der Waals surface area contributed by atoms with Gasteiger partial charge in [-0.2, -0.15) is 5.10 Å². The fraction of sp³-hybridized carbons (Fsp3) is 0.292. The molecule has 4 aromatic rings. The number of nitrogens with zero attached hydrogens (tertiary/aromatic N) is 5. The van der Waals surface area contributed by atoms with Gasteiger partial charge < -0.3 is 15.3 Å². The number of aromatic hydroxyl groups is 1. The first-order valence-corrected chi connectivity index (χ1v) is 10.6. The number of hydrogen-bond donors (Lipinski definition) is 2. The van der Waals surface area contributed by atoms with Crippen LogP contribution in [0.4, 0.5) is 5.82 Å². The van der Waals surface area contributed by atoms with Gasteiger partial charge in [0.05, 0.1) is 22.2 Å². The topological polar surface area (TPSA) is 79.1 Å². The molecule has 158 valence electrons. The minimum atomic E-state index is 0.173. The number of phenols is 1. The molecule has 4 heterocycles. The Balaban J connectivity index is 1.42. The van der Waals surface area contributed by atoms with Crippen molar-refractivity contribution in [1.82, 2.24) is 25.1 Å². The molecule has 1 saturated heterocycles. The van der Waals surface area contributed by atoms with Crippen molar-refractivity contribution < 1.29 is 5.11 Å². The van der Waals surface area contributed by atoms with Crippen LogP contribution >= 0.6 is 0 Å². The van der Waals surface area contributed by atoms with Gasteiger partial charge in [-0.15, -0.1) is 0 Å². The lowest BCUT2D eigenvalue weighted by Gasteiger charge is -2.19. The first-order chi connectivity index (χ1) is 15.0. The summed E-state index contributed by atoms with van der Waals surface area (Å²) >= 11 is 0. The molecule has 0 amide bonds. The van der Waals surface area contributed by atoms with Crippen LogP contribution in [0.25, 0.3) is 33.2 Å². The molecular formula is C24H26N6O. The number of rotatable bonds is 5. The van der Waals surface area contributed by atoms with Crippen LogP contribution in [0.3, 0.4) is 0 Å². The second kappa shape index (κ2) is 7.58. The van der Waals surface area contributed by atoms with E-state index < -0.39 is 0 Å². The number of pyridine rings is 2. The Bertz CT molecular complexity index is 1290. The zero-order valence-electron chi connectivity index (χ0n) is 17.8. The number of hydrogen-bond acceptors (Lipinski definition) is 6. The van der Waals surface area contributed by atoms with Crippen LogP contribution < -0.4 is 10.2 Å². The summed E-state index contributed by atoms with van der Waals surface area (Å²) in [5.74, 6) is 1.14. The van der Waals surface area contributed by atoms with Crippen molar-refractivity contribution in [3.8, 4) is 17.0 Å². The standard InChI is InChI=1S/C24H26N6O/c1-4-15(2)25-17-9-10-30(14-17)24-8-7-20-21(27-24)6-5-19(26-20)18-11-16-13-29(3)28-22(16)12-23(18)31/h5-8,11-13,17,25,31H,2,4,9-10,14H2,1,3H3. The molecule has 2 N–H and O–H groups in total. The van der Waals surface area contributed by atoms with Gasteiger partial charge >= 0.3 is 0 Å². The van der Waals surface area contributed by atoms with Crippen molar-refractivity contribution in [3.63, 3.8) is 0 Å². The molecule has 0 aliphatic carbocycles. The van der Waals surface area contributed by atoms with Crippen molar-refractivity contribution in [3.05, 3.63) is 54.9 Å². The van der Waals surface area contributed by atoms with Gasteiger partial charge in [0.1, 0.15) is 11.6 Å². The summed E-state index contributed by atoms with van der Waals surface area (Å²) < 4.78 is 1.74. The molecule has 7 heteroatoms. The Morgan fingerprint density at radius 1 is 1.16 bits per heavy atom. The largest absolute Gasteiger partial charge is 0.507 e. The fourth-order valence-electron chi connectivity index (χ4n) is 4.19. The lowest BCUT2D eigenvalue weighted by Crippen LogP contribution is -2.31. The lowest BCUT2D eigenvalue weighted by atomic mass is 10.1. The zero-order valence-corrected chi connectivity index (χ0v) is 17.8. The van der Waals surface area contributed by atoms with Gasteiger partial charge in [-0.3, -0.25) is 4.68 Å². The maximum absolute atomic E-state index is 10.5. The lowest BCUT2D eigenvalue weighted by molar-refractivity contribution is 0.478. The summed E-state index contributed by atoms with van der Waals surface area (Å²) in [6.45, 7) is 8.06. The molecular weight excluding hydrogens is 388 g/mol. The van der Waals surface area contributed by atoms with Gasteiger partial charge in [-0.1, -0.05) is 13.5 Å². The highest BCUT2D eigenvalue weighted by atomic mass is 16.3. The van der Waals surface area contributed by atoms with E-state index in [0.29, 0.717) is 17.3 Å². The van der Waals surface area contributed by atoms with E-state index in [4.69, 9.17) is 9.97 Å². The average molecular weight is 415 g/mol. The number of allylic oxidation sites excluding steroid dienone is 1. The highest BCUT2D eigenvalue weighted by Gasteiger charge is 2.23. The molecule has 3 aromatic heterocycles. The van der Waals surface area contributed by atoms with Gasteiger partial charge in [0.15, 0.2) is 0 Å². The smallest absolute Gasteiger partial charge is 0.129 e. The zero-order chi connectivity index (χ0) is 21.5. The molecule has 7 nitrogen and oxygen atoms in total. The maximum atomic E-state index is 10.5. The third kappa shape index (κ3) is 3.67. The SMILES string of the molecule is C=C(CC)NC1CCN(c2ccc3nc(-c4cc5cn(C)nc5cc4O)ccc3n2)C1. The fourth-order valence-corrected chi connectivity index (χ4v) is 4.19. The summed E-state index contributed by atoms with van der Waals surface area (Å²) in [4.78, 5) is 11.9. The van der Waals surface area contributed by atoms with Gasteiger partial charge in [0.2, 0.25) is 0 Å². The molecule has 1 atom stereocenters. The number of phenolic OH excluding ortho intramolecular Hbond substituents is 1. The molecule has 5 rings (SSSR count). The minimum absolute atomic E-state index is 0.173. The number of anilines is 1. The van der Waals surface area contributed by atoms with E-state index in [1.807, 2.05) is 43.6 Å². The van der Waals surface area contributed by atoms with E-state index in [-0.39, 0.29) is 5.75 Å². The molecule has 0 bridgehead atoms. The highest BCUT2D eigenvalue weighted by Crippen LogP contribution is 2.33. The first-order valence-electron chi connectivity index (χ1n) is 10.6. The van der Waals surface area contributed by atoms with E-state index in [1.54, 1.807) is 10.7 Å². The van der Waals surface area contributed by atoms with E-state index >= 15 is 0 Å². The number of aryl methyl sites for hydroxylation is 1. The van der Waals surface area contributed by atoms with E-state index in [0.717, 1.165) is 59.4 Å². The Hall–Kier alpha value is -3.61. The van der Waals surface area contributed by atoms with Crippen LogP contribution in [-0.4, -0.2) is 44.0 Å². The van der Waals surface area contributed by atoms with Gasteiger partial charge in [0.25, 0.3) is 0 Å². The Morgan fingerprint density at radius 3 is 2.81 bits per heavy atom. The molecule has 0 radical (unpaired) electrons. The first kappa shape index (κ1) is 19.4. The van der Waals surface area contributed by atoms with E-state index in [9.17, 15) is 5.11 Å². The third-order valence-electron chi connectivity index (χ3n) is 5.89. The van der Waals surface area contributed by atoms with Crippen molar-refractivity contribution in [1.29, 1.82) is 0 Å². The number of benzene rings is 1. The quantitative estimate of drug-likeness (QED) is 0.514. The Labute approximate surface area is 181 Å². The number of nitrogens with one attached hydrogen (secondary N) is 1. The molecule has 31 heavy (non-hydrogen) atoms. The summed E-state index contributed by atoms with van der Waals surface area (Å²) in [6, 6.07) is 11.9. The van der Waals surface area contributed by atoms with Crippen molar-refractivity contribution in [2.45, 2.75) is 25.8 Å². The summed E-state index contributed by atoms with van der Waals surface area (Å²) in [7, 11) is 1.87. The second-order valence-electron chi connectivity index (χ2n) is 8.17. The van der Waals surface area contributed by atoms with Crippen LogP contribution in [0.2, 0.25) is 0 Å². The summed E-state index contributed by atoms with van der Waals surface area (Å²) in [5.41, 5.74) is 4.90. The van der Waals surface area contributed by atoms with Gasteiger partial charge in [0, 0.05) is 55.1 Å². The third-order valence-corrected chi connectivity index (χ3v) is 5.89. The van der Waals surface area contributed by atoms with Gasteiger partial charge in [-0.25, -0.2) is 9.97 Å². The second-order valence-corrected chi connectivity index (χ2v) is 8.17. The minimum Gasteiger partial charge on any atom is -0.507 e. The van der Waals surface area contributed by atoms with Crippen molar-refractivity contribution in [2.75, 3.05) is 18.0 Å². The molecule has 1 aliphatic heterocycles. The Kier molecular flexibility index (Phi) is 4.73. The van der Waals surface area contributed by atoms with Crippen LogP contribution in [0.1, 0.15) is 19.8 Å². The number of aromatic nitrogens is 4. The van der Waals surface area contributed by atoms with Crippen molar-refractivity contribution in [2.24, 2.45) is 7.05 Å². The van der Waals surface area contributed by atoms with Crippen LogP contribution in [0, 0.1) is 0 Å². The molecule has 0 saturated carbocycles. The Morgan fingerprint density at radius 2 is 1.97 bits per heavy atom. The summed E-state index contributed by atoms with van der Waals surface area (Å²) in [6.07, 6.45) is 3.95. The van der Waals surface area contributed by atoms with Crippen LogP contribution in [-0.2, 0) is 7.05 Å². The summed E-state index contributed by atoms with van der Waals surface area (Å²) in [5, 5.41) is 19.3. The normalized spacial score (nSPS) is 16.3. The number of fused-ring (bicyclic) bond motifs is 2. The monoisotopic (exact) mass is 414 g/mol. The average Bonchev–Trinajstić information content (AvgIpc) is 3.37. The highest BCUT2D eigenvalue weighted by molar-refractivity contribution is 5.88. The molecule has 1 aromatic carbocycles. The van der Waals surface area contributed by atoms with Crippen LogP contribution in [0.5, 0.6) is 5.75 Å². The predicted octanol–water partition coefficient (Wildman–Crippen LogP) is 3.98. The maximum Gasteiger partial charge on any atom is 0.129 e. The van der Waals surface area contributed by atoms with Gasteiger partial charge in [-0.05, 0) is 43.2 Å². The molecule has 1 unspecified atom stereocenters.